The van der Waals surface area contributed by atoms with Crippen molar-refractivity contribution in [2.24, 2.45) is 5.73 Å². The second-order valence-electron chi connectivity index (χ2n) is 4.62. The molecule has 2 rings (SSSR count). The van der Waals surface area contributed by atoms with Gasteiger partial charge in [0.05, 0.1) is 5.69 Å². The minimum Gasteiger partial charge on any atom is -0.358 e. The molecule has 1 heterocycles. The first-order valence-electron chi connectivity index (χ1n) is 6.02. The molecule has 1 aromatic rings. The van der Waals surface area contributed by atoms with E-state index >= 15 is 0 Å². The van der Waals surface area contributed by atoms with Crippen molar-refractivity contribution in [1.29, 1.82) is 0 Å². The van der Waals surface area contributed by atoms with Crippen LogP contribution >= 0.6 is 23.6 Å². The van der Waals surface area contributed by atoms with Crippen molar-refractivity contribution >= 4 is 34.4 Å². The predicted octanol–water partition coefficient (Wildman–Crippen LogP) is 2.61. The zero-order valence-electron chi connectivity index (χ0n) is 10.0. The van der Waals surface area contributed by atoms with Crippen LogP contribution in [0.3, 0.4) is 0 Å². The molecule has 1 unspecified atom stereocenters. The van der Waals surface area contributed by atoms with Crippen LogP contribution < -0.4 is 16.4 Å². The molecular weight excluding hydrogens is 250 g/mol. The van der Waals surface area contributed by atoms with Gasteiger partial charge in [0, 0.05) is 17.5 Å². The highest BCUT2D eigenvalue weighted by Gasteiger charge is 2.22. The Balaban J connectivity index is 1.86. The molecule has 0 aromatic carbocycles. The van der Waals surface area contributed by atoms with Crippen molar-refractivity contribution in [2.75, 3.05) is 5.32 Å². The Bertz CT molecular complexity index is 389. The van der Waals surface area contributed by atoms with E-state index in [0.717, 1.165) is 18.5 Å². The molecule has 0 aliphatic heterocycles. The molecule has 17 heavy (non-hydrogen) atoms. The molecule has 94 valence electrons. The van der Waals surface area contributed by atoms with E-state index in [4.69, 9.17) is 18.0 Å². The SMILES string of the molecule is Cc1cscc1NC(=S)N[C@@H]1CCCCC1N. The van der Waals surface area contributed by atoms with Gasteiger partial charge in [0.15, 0.2) is 5.11 Å². The quantitative estimate of drug-likeness (QED) is 0.722. The maximum absolute atomic E-state index is 6.08. The maximum Gasteiger partial charge on any atom is 0.171 e. The lowest BCUT2D eigenvalue weighted by Gasteiger charge is -2.30. The molecule has 4 N–H and O–H groups in total. The van der Waals surface area contributed by atoms with Crippen molar-refractivity contribution in [1.82, 2.24) is 5.32 Å². The molecular formula is C12H19N3S2. The van der Waals surface area contributed by atoms with E-state index < -0.39 is 0 Å². The third kappa shape index (κ3) is 3.40. The van der Waals surface area contributed by atoms with Crippen molar-refractivity contribution in [3.8, 4) is 0 Å². The summed E-state index contributed by atoms with van der Waals surface area (Å²) in [5, 5.41) is 11.4. The number of rotatable bonds is 2. The summed E-state index contributed by atoms with van der Waals surface area (Å²) in [4.78, 5) is 0. The number of nitrogens with two attached hydrogens (primary N) is 1. The van der Waals surface area contributed by atoms with Crippen LogP contribution in [0.15, 0.2) is 10.8 Å². The molecule has 2 atom stereocenters. The predicted molar refractivity (Wildman–Crippen MR) is 78.6 cm³/mol. The Morgan fingerprint density at radius 1 is 1.41 bits per heavy atom. The summed E-state index contributed by atoms with van der Waals surface area (Å²) in [7, 11) is 0. The standard InChI is InChI=1S/C12H19N3S2/c1-8-6-17-7-11(8)15-12(16)14-10-5-3-2-4-9(10)13/h6-7,9-10H,2-5,13H2,1H3,(H2,14,15,16)/t9?,10-/m1/s1. The van der Waals surface area contributed by atoms with Gasteiger partial charge in [-0.2, -0.15) is 0 Å². The second kappa shape index (κ2) is 5.80. The molecule has 0 spiro atoms. The number of thiocarbonyl (C=S) groups is 1. The molecule has 0 bridgehead atoms. The summed E-state index contributed by atoms with van der Waals surface area (Å²) in [5.41, 5.74) is 8.41. The zero-order valence-corrected chi connectivity index (χ0v) is 11.7. The Kier molecular flexibility index (Phi) is 4.36. The first-order chi connectivity index (χ1) is 8.16. The molecule has 5 heteroatoms. The van der Waals surface area contributed by atoms with Gasteiger partial charge in [0.25, 0.3) is 0 Å². The van der Waals surface area contributed by atoms with Crippen molar-refractivity contribution in [3.63, 3.8) is 0 Å². The van der Waals surface area contributed by atoms with Crippen LogP contribution in [0, 0.1) is 6.92 Å². The van der Waals surface area contributed by atoms with E-state index in [0.29, 0.717) is 11.2 Å². The summed E-state index contributed by atoms with van der Waals surface area (Å²) < 4.78 is 0. The van der Waals surface area contributed by atoms with Crippen LogP contribution in [0.4, 0.5) is 5.69 Å². The van der Waals surface area contributed by atoms with Crippen LogP contribution in [0.2, 0.25) is 0 Å². The van der Waals surface area contributed by atoms with Gasteiger partial charge in [0.2, 0.25) is 0 Å². The van der Waals surface area contributed by atoms with E-state index in [1.807, 2.05) is 0 Å². The normalized spacial score (nSPS) is 24.4. The molecule has 1 fully saturated rings. The number of nitrogens with one attached hydrogen (secondary N) is 2. The second-order valence-corrected chi connectivity index (χ2v) is 5.77. The van der Waals surface area contributed by atoms with Crippen LogP contribution in [-0.4, -0.2) is 17.2 Å². The molecule has 1 aliphatic rings. The van der Waals surface area contributed by atoms with Gasteiger partial charge in [-0.1, -0.05) is 12.8 Å². The van der Waals surface area contributed by atoms with Gasteiger partial charge in [0.1, 0.15) is 0 Å². The van der Waals surface area contributed by atoms with Crippen LogP contribution in [0.1, 0.15) is 31.2 Å². The fourth-order valence-electron chi connectivity index (χ4n) is 2.15. The van der Waals surface area contributed by atoms with Crippen molar-refractivity contribution < 1.29 is 0 Å². The largest absolute Gasteiger partial charge is 0.358 e. The molecule has 1 aliphatic carbocycles. The highest BCUT2D eigenvalue weighted by atomic mass is 32.1. The first kappa shape index (κ1) is 12.8. The molecule has 0 amide bonds. The van der Waals surface area contributed by atoms with Crippen LogP contribution in [0.5, 0.6) is 0 Å². The Morgan fingerprint density at radius 3 is 2.82 bits per heavy atom. The Hall–Kier alpha value is -0.650. The fourth-order valence-corrected chi connectivity index (χ4v) is 3.20. The third-order valence-corrected chi connectivity index (χ3v) is 4.32. The van der Waals surface area contributed by atoms with Crippen LogP contribution in [0.25, 0.3) is 0 Å². The molecule has 1 aromatic heterocycles. The maximum atomic E-state index is 6.08. The van der Waals surface area contributed by atoms with E-state index in [-0.39, 0.29) is 6.04 Å². The summed E-state index contributed by atoms with van der Waals surface area (Å²) in [6.07, 6.45) is 4.69. The molecule has 0 saturated heterocycles. The smallest absolute Gasteiger partial charge is 0.171 e. The summed E-state index contributed by atoms with van der Waals surface area (Å²) in [5.74, 6) is 0. The van der Waals surface area contributed by atoms with E-state index in [2.05, 4.69) is 28.3 Å². The number of hydrogen-bond donors (Lipinski definition) is 3. The average molecular weight is 269 g/mol. The van der Waals surface area contributed by atoms with Gasteiger partial charge in [-0.05, 0) is 42.9 Å². The summed E-state index contributed by atoms with van der Waals surface area (Å²) >= 11 is 7.00. The average Bonchev–Trinajstić information content (AvgIpc) is 2.68. The summed E-state index contributed by atoms with van der Waals surface area (Å²) in [6.45, 7) is 2.08. The fraction of sp³-hybridized carbons (Fsp3) is 0.583. The van der Waals surface area contributed by atoms with Crippen LogP contribution in [-0.2, 0) is 0 Å². The third-order valence-electron chi connectivity index (χ3n) is 3.24. The lowest BCUT2D eigenvalue weighted by Crippen LogP contribution is -2.50. The number of thiophene rings is 1. The Morgan fingerprint density at radius 2 is 2.18 bits per heavy atom. The van der Waals surface area contributed by atoms with Gasteiger partial charge in [-0.15, -0.1) is 11.3 Å². The van der Waals surface area contributed by atoms with E-state index in [9.17, 15) is 0 Å². The lowest BCUT2D eigenvalue weighted by molar-refractivity contribution is 0.361. The Labute approximate surface area is 112 Å². The highest BCUT2D eigenvalue weighted by Crippen LogP contribution is 2.20. The van der Waals surface area contributed by atoms with Crippen molar-refractivity contribution in [2.45, 2.75) is 44.7 Å². The van der Waals surface area contributed by atoms with Gasteiger partial charge in [-0.3, -0.25) is 0 Å². The van der Waals surface area contributed by atoms with E-state index in [1.165, 1.54) is 18.4 Å². The number of anilines is 1. The number of hydrogen-bond acceptors (Lipinski definition) is 3. The number of aryl methyl sites for hydroxylation is 1. The molecule has 3 nitrogen and oxygen atoms in total. The zero-order chi connectivity index (χ0) is 12.3. The van der Waals surface area contributed by atoms with E-state index in [1.54, 1.807) is 11.3 Å². The lowest BCUT2D eigenvalue weighted by atomic mass is 9.91. The van der Waals surface area contributed by atoms with Gasteiger partial charge < -0.3 is 16.4 Å². The monoisotopic (exact) mass is 269 g/mol. The summed E-state index contributed by atoms with van der Waals surface area (Å²) in [6, 6.07) is 0.551. The topological polar surface area (TPSA) is 50.1 Å². The molecule has 1 saturated carbocycles. The minimum absolute atomic E-state index is 0.229. The van der Waals surface area contributed by atoms with Crippen molar-refractivity contribution in [3.05, 3.63) is 16.3 Å². The minimum atomic E-state index is 0.229. The van der Waals surface area contributed by atoms with Gasteiger partial charge >= 0.3 is 0 Å². The highest BCUT2D eigenvalue weighted by molar-refractivity contribution is 7.80. The first-order valence-corrected chi connectivity index (χ1v) is 7.38. The molecule has 0 radical (unpaired) electrons. The van der Waals surface area contributed by atoms with Gasteiger partial charge in [-0.25, -0.2) is 0 Å².